The van der Waals surface area contributed by atoms with Crippen LogP contribution in [0.3, 0.4) is 0 Å². The minimum atomic E-state index is -3.81. The van der Waals surface area contributed by atoms with E-state index in [4.69, 9.17) is 0 Å². The van der Waals surface area contributed by atoms with Crippen molar-refractivity contribution in [2.24, 2.45) is 0 Å². The highest BCUT2D eigenvalue weighted by Gasteiger charge is 2.34. The molecular formula is C32H38BrN3O4S. The predicted octanol–water partition coefficient (Wildman–Crippen LogP) is 5.53. The van der Waals surface area contributed by atoms with Crippen molar-refractivity contribution in [3.8, 4) is 0 Å². The van der Waals surface area contributed by atoms with E-state index in [-0.39, 0.29) is 18.5 Å². The summed E-state index contributed by atoms with van der Waals surface area (Å²) >= 11 is 3.46. The molecule has 1 aliphatic carbocycles. The first-order chi connectivity index (χ1) is 19.5. The zero-order valence-electron chi connectivity index (χ0n) is 23.8. The number of nitrogens with one attached hydrogen (secondary N) is 1. The number of benzene rings is 3. The summed E-state index contributed by atoms with van der Waals surface area (Å²) in [5.41, 5.74) is 4.11. The summed E-state index contributed by atoms with van der Waals surface area (Å²) in [5, 5.41) is 3.19. The maximum absolute atomic E-state index is 14.2. The van der Waals surface area contributed by atoms with E-state index in [0.29, 0.717) is 12.1 Å². The lowest BCUT2D eigenvalue weighted by Gasteiger charge is -2.34. The van der Waals surface area contributed by atoms with Gasteiger partial charge in [-0.1, -0.05) is 88.9 Å². The average molecular weight is 641 g/mol. The first-order valence-electron chi connectivity index (χ1n) is 13.9. The number of amides is 2. The van der Waals surface area contributed by atoms with Crippen molar-refractivity contribution in [2.75, 3.05) is 17.1 Å². The molecule has 2 amide bonds. The molecule has 0 radical (unpaired) electrons. The Morgan fingerprint density at radius 2 is 1.61 bits per heavy atom. The largest absolute Gasteiger partial charge is 0.352 e. The number of carbonyl (C=O) groups excluding carboxylic acids is 2. The van der Waals surface area contributed by atoms with E-state index in [1.807, 2.05) is 68.4 Å². The first kappa shape index (κ1) is 30.8. The maximum Gasteiger partial charge on any atom is 0.244 e. The third-order valence-corrected chi connectivity index (χ3v) is 9.59. The molecule has 41 heavy (non-hydrogen) atoms. The van der Waals surface area contributed by atoms with Crippen molar-refractivity contribution in [1.29, 1.82) is 0 Å². The summed E-state index contributed by atoms with van der Waals surface area (Å²) < 4.78 is 27.9. The Balaban J connectivity index is 1.72. The number of hydrogen-bond acceptors (Lipinski definition) is 4. The summed E-state index contributed by atoms with van der Waals surface area (Å²) in [4.78, 5) is 29.6. The number of rotatable bonds is 11. The van der Waals surface area contributed by atoms with Crippen LogP contribution in [-0.4, -0.2) is 50.0 Å². The molecule has 7 nitrogen and oxygen atoms in total. The van der Waals surface area contributed by atoms with Gasteiger partial charge in [0.05, 0.1) is 11.9 Å². The van der Waals surface area contributed by atoms with Crippen molar-refractivity contribution in [2.45, 2.75) is 64.6 Å². The maximum atomic E-state index is 14.2. The SMILES string of the molecule is Cc1ccc(CN(C(=O)CN(c2ccc(Br)c(C)c2)S(C)(=O)=O)[C@H](Cc2ccccc2)C(=O)NC2CCCC2)cc1. The quantitative estimate of drug-likeness (QED) is 0.299. The van der Waals surface area contributed by atoms with Gasteiger partial charge in [-0.15, -0.1) is 0 Å². The topological polar surface area (TPSA) is 86.8 Å². The molecule has 1 N–H and O–H groups in total. The number of carbonyl (C=O) groups is 2. The zero-order chi connectivity index (χ0) is 29.6. The van der Waals surface area contributed by atoms with Gasteiger partial charge in [0.15, 0.2) is 0 Å². The van der Waals surface area contributed by atoms with Gasteiger partial charge in [-0.3, -0.25) is 13.9 Å². The van der Waals surface area contributed by atoms with Gasteiger partial charge in [-0.05, 0) is 61.6 Å². The monoisotopic (exact) mass is 639 g/mol. The fourth-order valence-electron chi connectivity index (χ4n) is 5.21. The van der Waals surface area contributed by atoms with Crippen molar-refractivity contribution < 1.29 is 18.0 Å². The fourth-order valence-corrected chi connectivity index (χ4v) is 6.30. The number of aryl methyl sites for hydroxylation is 2. The van der Waals surface area contributed by atoms with Crippen LogP contribution in [0.2, 0.25) is 0 Å². The van der Waals surface area contributed by atoms with E-state index >= 15 is 0 Å². The third-order valence-electron chi connectivity index (χ3n) is 7.55. The summed E-state index contributed by atoms with van der Waals surface area (Å²) in [6.45, 7) is 3.60. The van der Waals surface area contributed by atoms with Gasteiger partial charge >= 0.3 is 0 Å². The van der Waals surface area contributed by atoms with E-state index in [9.17, 15) is 18.0 Å². The number of nitrogens with zero attached hydrogens (tertiary/aromatic N) is 2. The molecule has 1 fully saturated rings. The molecule has 4 rings (SSSR count). The molecule has 0 aliphatic heterocycles. The highest BCUT2D eigenvalue weighted by atomic mass is 79.9. The summed E-state index contributed by atoms with van der Waals surface area (Å²) in [6, 6.07) is 21.9. The van der Waals surface area contributed by atoms with Gasteiger partial charge in [0.2, 0.25) is 21.8 Å². The molecular weight excluding hydrogens is 602 g/mol. The molecule has 3 aromatic carbocycles. The van der Waals surface area contributed by atoms with Crippen LogP contribution < -0.4 is 9.62 Å². The Morgan fingerprint density at radius 1 is 0.951 bits per heavy atom. The van der Waals surface area contributed by atoms with Gasteiger partial charge in [-0.2, -0.15) is 0 Å². The van der Waals surface area contributed by atoms with E-state index in [1.165, 1.54) is 0 Å². The standard InChI is InChI=1S/C32H38BrN3O4S/c1-23-13-15-26(16-14-23)21-35(31(37)22-36(41(3,39)40)28-17-18-29(33)24(2)19-28)30(20-25-9-5-4-6-10-25)32(38)34-27-11-7-8-12-27/h4-6,9-10,13-19,27,30H,7-8,11-12,20-22H2,1-3H3,(H,34,38)/t30-/m1/s1. The molecule has 0 heterocycles. The van der Waals surface area contributed by atoms with Crippen molar-refractivity contribution in [1.82, 2.24) is 10.2 Å². The Hall–Kier alpha value is -3.17. The van der Waals surface area contributed by atoms with Crippen LogP contribution in [0.4, 0.5) is 5.69 Å². The number of anilines is 1. The predicted molar refractivity (Wildman–Crippen MR) is 167 cm³/mol. The average Bonchev–Trinajstić information content (AvgIpc) is 3.45. The van der Waals surface area contributed by atoms with Crippen LogP contribution in [0.1, 0.15) is 47.9 Å². The number of hydrogen-bond donors (Lipinski definition) is 1. The summed E-state index contributed by atoms with van der Waals surface area (Å²) in [7, 11) is -3.81. The van der Waals surface area contributed by atoms with Crippen molar-refractivity contribution in [3.63, 3.8) is 0 Å². The molecule has 1 atom stereocenters. The smallest absolute Gasteiger partial charge is 0.244 e. The highest BCUT2D eigenvalue weighted by molar-refractivity contribution is 9.10. The lowest BCUT2D eigenvalue weighted by atomic mass is 10.0. The summed E-state index contributed by atoms with van der Waals surface area (Å²) in [6.07, 6.45) is 5.37. The van der Waals surface area contributed by atoms with E-state index in [1.54, 1.807) is 23.1 Å². The third kappa shape index (κ3) is 8.42. The minimum absolute atomic E-state index is 0.0790. The lowest BCUT2D eigenvalue weighted by Crippen LogP contribution is -2.54. The fraction of sp³-hybridized carbons (Fsp3) is 0.375. The summed E-state index contributed by atoms with van der Waals surface area (Å²) in [5.74, 6) is -0.661. The van der Waals surface area contributed by atoms with Crippen molar-refractivity contribution in [3.05, 3.63) is 99.5 Å². The van der Waals surface area contributed by atoms with E-state index in [0.717, 1.165) is 63.0 Å². The number of sulfonamides is 1. The van der Waals surface area contributed by atoms with Crippen LogP contribution in [-0.2, 0) is 32.6 Å². The Bertz CT molecular complexity index is 1460. The van der Waals surface area contributed by atoms with Crippen LogP contribution >= 0.6 is 15.9 Å². The molecule has 0 spiro atoms. The molecule has 218 valence electrons. The Kier molecular flexibility index (Phi) is 10.3. The van der Waals surface area contributed by atoms with Gasteiger partial charge in [0.1, 0.15) is 12.6 Å². The van der Waals surface area contributed by atoms with Gasteiger partial charge in [0.25, 0.3) is 0 Å². The highest BCUT2D eigenvalue weighted by Crippen LogP contribution is 2.26. The second-order valence-electron chi connectivity index (χ2n) is 10.9. The zero-order valence-corrected chi connectivity index (χ0v) is 26.2. The Morgan fingerprint density at radius 3 is 2.22 bits per heavy atom. The van der Waals surface area contributed by atoms with Crippen molar-refractivity contribution >= 4 is 43.5 Å². The van der Waals surface area contributed by atoms with Crippen LogP contribution in [0.15, 0.2) is 77.3 Å². The van der Waals surface area contributed by atoms with E-state index in [2.05, 4.69) is 21.2 Å². The van der Waals surface area contributed by atoms with Crippen LogP contribution in [0, 0.1) is 13.8 Å². The van der Waals surface area contributed by atoms with Gasteiger partial charge < -0.3 is 10.2 Å². The normalized spacial score (nSPS) is 14.4. The lowest BCUT2D eigenvalue weighted by molar-refractivity contribution is -0.140. The first-order valence-corrected chi connectivity index (χ1v) is 16.6. The van der Waals surface area contributed by atoms with E-state index < -0.39 is 28.5 Å². The van der Waals surface area contributed by atoms with Crippen LogP contribution in [0.25, 0.3) is 0 Å². The number of halogens is 1. The molecule has 0 saturated heterocycles. The molecule has 0 bridgehead atoms. The molecule has 1 saturated carbocycles. The molecule has 0 aromatic heterocycles. The van der Waals surface area contributed by atoms with Crippen LogP contribution in [0.5, 0.6) is 0 Å². The second-order valence-corrected chi connectivity index (χ2v) is 13.7. The minimum Gasteiger partial charge on any atom is -0.352 e. The molecule has 0 unspecified atom stereocenters. The van der Waals surface area contributed by atoms with Gasteiger partial charge in [-0.25, -0.2) is 8.42 Å². The molecule has 1 aliphatic rings. The Labute approximate surface area is 252 Å². The molecule has 9 heteroatoms. The molecule has 3 aromatic rings. The second kappa shape index (κ2) is 13.7. The van der Waals surface area contributed by atoms with Gasteiger partial charge in [0, 0.05) is 23.5 Å².